The van der Waals surface area contributed by atoms with Gasteiger partial charge in [-0.15, -0.1) is 0 Å². The van der Waals surface area contributed by atoms with Crippen LogP contribution in [0.4, 0.5) is 0 Å². The lowest BCUT2D eigenvalue weighted by Crippen LogP contribution is -2.44. The Morgan fingerprint density at radius 1 is 1.22 bits per heavy atom. The minimum atomic E-state index is -0.837. The standard InChI is InChI=1S/C14H21NO3/c1-3-10(4-2)15-13(16)11-8-5-6-9(7-8)12(11)14(17)18/h5-6,8-12H,3-4,7H2,1-2H3,(H,15,16)(H,17,18)/t8-,9-,11+,12-/m0/s1. The molecule has 2 rings (SSSR count). The summed E-state index contributed by atoms with van der Waals surface area (Å²) < 4.78 is 0. The predicted octanol–water partition coefficient (Wildman–Crippen LogP) is 1.81. The highest BCUT2D eigenvalue weighted by Gasteiger charge is 2.51. The summed E-state index contributed by atoms with van der Waals surface area (Å²) in [7, 11) is 0. The van der Waals surface area contributed by atoms with Gasteiger partial charge in [-0.25, -0.2) is 0 Å². The summed E-state index contributed by atoms with van der Waals surface area (Å²) >= 11 is 0. The highest BCUT2D eigenvalue weighted by Crippen LogP contribution is 2.48. The molecule has 18 heavy (non-hydrogen) atoms. The Morgan fingerprint density at radius 2 is 1.78 bits per heavy atom. The molecule has 2 N–H and O–H groups in total. The topological polar surface area (TPSA) is 66.4 Å². The Labute approximate surface area is 107 Å². The van der Waals surface area contributed by atoms with Gasteiger partial charge in [0.15, 0.2) is 0 Å². The van der Waals surface area contributed by atoms with Gasteiger partial charge in [-0.3, -0.25) is 9.59 Å². The third-order valence-corrected chi connectivity index (χ3v) is 4.38. The van der Waals surface area contributed by atoms with Gasteiger partial charge in [0.25, 0.3) is 0 Å². The molecule has 0 aromatic carbocycles. The molecule has 4 atom stereocenters. The van der Waals surface area contributed by atoms with E-state index >= 15 is 0 Å². The molecule has 0 aromatic heterocycles. The molecule has 0 aromatic rings. The maximum atomic E-state index is 12.3. The zero-order valence-corrected chi connectivity index (χ0v) is 10.9. The van der Waals surface area contributed by atoms with Crippen LogP contribution in [0.1, 0.15) is 33.1 Å². The number of nitrogens with one attached hydrogen (secondary N) is 1. The number of amides is 1. The van der Waals surface area contributed by atoms with Crippen molar-refractivity contribution in [2.45, 2.75) is 39.2 Å². The number of allylic oxidation sites excluding steroid dienone is 2. The lowest BCUT2D eigenvalue weighted by molar-refractivity contribution is -0.148. The van der Waals surface area contributed by atoms with Crippen LogP contribution >= 0.6 is 0 Å². The molecule has 1 saturated carbocycles. The van der Waals surface area contributed by atoms with Crippen LogP contribution in [0, 0.1) is 23.7 Å². The van der Waals surface area contributed by atoms with Crippen molar-refractivity contribution in [3.05, 3.63) is 12.2 Å². The van der Waals surface area contributed by atoms with Crippen LogP contribution in [0.2, 0.25) is 0 Å². The van der Waals surface area contributed by atoms with E-state index in [1.165, 1.54) is 0 Å². The maximum absolute atomic E-state index is 12.3. The molecule has 4 nitrogen and oxygen atoms in total. The molecule has 0 saturated heterocycles. The Bertz CT molecular complexity index is 373. The number of aliphatic carboxylic acids is 1. The molecule has 0 aliphatic heterocycles. The maximum Gasteiger partial charge on any atom is 0.307 e. The van der Waals surface area contributed by atoms with Crippen molar-refractivity contribution in [2.75, 3.05) is 0 Å². The first-order valence-electron chi connectivity index (χ1n) is 6.80. The summed E-state index contributed by atoms with van der Waals surface area (Å²) in [6.07, 6.45) is 6.57. The Hall–Kier alpha value is -1.32. The molecule has 0 heterocycles. The lowest BCUT2D eigenvalue weighted by atomic mass is 9.82. The van der Waals surface area contributed by atoms with Gasteiger partial charge in [0.05, 0.1) is 11.8 Å². The van der Waals surface area contributed by atoms with Crippen molar-refractivity contribution in [3.63, 3.8) is 0 Å². The number of rotatable bonds is 5. The van der Waals surface area contributed by atoms with Crippen molar-refractivity contribution in [1.82, 2.24) is 5.32 Å². The first-order valence-corrected chi connectivity index (χ1v) is 6.80. The van der Waals surface area contributed by atoms with Crippen LogP contribution in [0.5, 0.6) is 0 Å². The minimum absolute atomic E-state index is 0.0463. The van der Waals surface area contributed by atoms with Gasteiger partial charge in [-0.05, 0) is 31.1 Å². The average molecular weight is 251 g/mol. The zero-order chi connectivity index (χ0) is 13.3. The number of carboxylic acids is 1. The summed E-state index contributed by atoms with van der Waals surface area (Å²) in [5.41, 5.74) is 0. The molecule has 1 fully saturated rings. The summed E-state index contributed by atoms with van der Waals surface area (Å²) in [4.78, 5) is 23.6. The molecular weight excluding hydrogens is 230 g/mol. The van der Waals surface area contributed by atoms with E-state index in [1.807, 2.05) is 26.0 Å². The van der Waals surface area contributed by atoms with Crippen LogP contribution in [0.15, 0.2) is 12.2 Å². The summed E-state index contributed by atoms with van der Waals surface area (Å²) in [5, 5.41) is 12.3. The van der Waals surface area contributed by atoms with Gasteiger partial charge in [-0.1, -0.05) is 26.0 Å². The quantitative estimate of drug-likeness (QED) is 0.732. The minimum Gasteiger partial charge on any atom is -0.481 e. The van der Waals surface area contributed by atoms with Crippen LogP contribution in [-0.4, -0.2) is 23.0 Å². The molecule has 4 heteroatoms. The first kappa shape index (κ1) is 13.1. The smallest absolute Gasteiger partial charge is 0.307 e. The van der Waals surface area contributed by atoms with E-state index in [2.05, 4.69) is 5.32 Å². The van der Waals surface area contributed by atoms with Crippen molar-refractivity contribution < 1.29 is 14.7 Å². The normalized spacial score (nSPS) is 33.1. The molecule has 2 bridgehead atoms. The largest absolute Gasteiger partial charge is 0.481 e. The van der Waals surface area contributed by atoms with Gasteiger partial charge in [0, 0.05) is 6.04 Å². The number of hydrogen-bond acceptors (Lipinski definition) is 2. The van der Waals surface area contributed by atoms with E-state index in [9.17, 15) is 14.7 Å². The van der Waals surface area contributed by atoms with E-state index in [-0.39, 0.29) is 29.7 Å². The number of carbonyl (C=O) groups is 2. The van der Waals surface area contributed by atoms with Gasteiger partial charge >= 0.3 is 5.97 Å². The third-order valence-electron chi connectivity index (χ3n) is 4.38. The second-order valence-corrected chi connectivity index (χ2v) is 5.36. The molecule has 0 spiro atoms. The summed E-state index contributed by atoms with van der Waals surface area (Å²) in [6.45, 7) is 4.06. The zero-order valence-electron chi connectivity index (χ0n) is 10.9. The van der Waals surface area contributed by atoms with Crippen LogP contribution in [0.3, 0.4) is 0 Å². The number of carboxylic acid groups (broad SMARTS) is 1. The fraction of sp³-hybridized carbons (Fsp3) is 0.714. The number of fused-ring (bicyclic) bond motifs is 2. The Kier molecular flexibility index (Phi) is 3.73. The van der Waals surface area contributed by atoms with Gasteiger partial charge < -0.3 is 10.4 Å². The van der Waals surface area contributed by atoms with E-state index < -0.39 is 11.9 Å². The fourth-order valence-corrected chi connectivity index (χ4v) is 3.31. The fourth-order valence-electron chi connectivity index (χ4n) is 3.31. The molecule has 2 aliphatic rings. The van der Waals surface area contributed by atoms with E-state index in [0.717, 1.165) is 19.3 Å². The Balaban J connectivity index is 2.09. The second kappa shape index (κ2) is 5.12. The molecule has 0 unspecified atom stereocenters. The third kappa shape index (κ3) is 2.16. The number of carbonyl (C=O) groups excluding carboxylic acids is 1. The van der Waals surface area contributed by atoms with Gasteiger partial charge in [0.1, 0.15) is 0 Å². The SMILES string of the molecule is CCC(CC)NC(=O)[C@H]1[C@@H](C(=O)O)[C@H]2C=C[C@H]1C2. The molecule has 2 aliphatic carbocycles. The van der Waals surface area contributed by atoms with E-state index in [0.29, 0.717) is 0 Å². The predicted molar refractivity (Wildman–Crippen MR) is 67.9 cm³/mol. The average Bonchev–Trinajstić information content (AvgIpc) is 2.95. The van der Waals surface area contributed by atoms with Gasteiger partial charge in [0.2, 0.25) is 5.91 Å². The lowest BCUT2D eigenvalue weighted by Gasteiger charge is -2.26. The molecular formula is C14H21NO3. The molecule has 1 amide bonds. The molecule has 100 valence electrons. The summed E-state index contributed by atoms with van der Waals surface area (Å²) in [5.74, 6) is -1.66. The highest BCUT2D eigenvalue weighted by molar-refractivity contribution is 5.87. The van der Waals surface area contributed by atoms with Crippen LogP contribution in [0.25, 0.3) is 0 Å². The summed E-state index contributed by atoms with van der Waals surface area (Å²) in [6, 6.07) is 0.162. The van der Waals surface area contributed by atoms with Crippen molar-refractivity contribution >= 4 is 11.9 Å². The van der Waals surface area contributed by atoms with Crippen molar-refractivity contribution in [2.24, 2.45) is 23.7 Å². The monoisotopic (exact) mass is 251 g/mol. The van der Waals surface area contributed by atoms with E-state index in [1.54, 1.807) is 0 Å². The number of hydrogen-bond donors (Lipinski definition) is 2. The first-order chi connectivity index (χ1) is 8.58. The Morgan fingerprint density at radius 3 is 2.28 bits per heavy atom. The van der Waals surface area contributed by atoms with Crippen LogP contribution in [-0.2, 0) is 9.59 Å². The van der Waals surface area contributed by atoms with Crippen LogP contribution < -0.4 is 5.32 Å². The second-order valence-electron chi connectivity index (χ2n) is 5.36. The van der Waals surface area contributed by atoms with Crippen molar-refractivity contribution in [3.8, 4) is 0 Å². The van der Waals surface area contributed by atoms with E-state index in [4.69, 9.17) is 0 Å². The molecule has 0 radical (unpaired) electrons. The van der Waals surface area contributed by atoms with Gasteiger partial charge in [-0.2, -0.15) is 0 Å². The van der Waals surface area contributed by atoms with Crippen molar-refractivity contribution in [1.29, 1.82) is 0 Å². The highest BCUT2D eigenvalue weighted by atomic mass is 16.4.